The van der Waals surface area contributed by atoms with Gasteiger partial charge in [-0.15, -0.1) is 0 Å². The fourth-order valence-electron chi connectivity index (χ4n) is 2.10. The zero-order chi connectivity index (χ0) is 12.3. The van der Waals surface area contributed by atoms with Crippen LogP contribution >= 0.6 is 11.6 Å². The van der Waals surface area contributed by atoms with Crippen molar-refractivity contribution in [2.45, 2.75) is 25.8 Å². The third-order valence-electron chi connectivity index (χ3n) is 3.00. The predicted octanol–water partition coefficient (Wildman–Crippen LogP) is 2.98. The van der Waals surface area contributed by atoms with Crippen molar-refractivity contribution >= 4 is 23.2 Å². The van der Waals surface area contributed by atoms with Gasteiger partial charge in [0.2, 0.25) is 5.96 Å². The molecular formula is C12H16ClN3O. The second-order valence-corrected chi connectivity index (χ2v) is 4.68. The van der Waals surface area contributed by atoms with Crippen LogP contribution in [0.1, 0.15) is 19.8 Å². The summed E-state index contributed by atoms with van der Waals surface area (Å²) in [5, 5.41) is 16.2. The minimum absolute atomic E-state index is 0.396. The number of anilines is 1. The number of nitrogens with one attached hydrogen (secondary N) is 1. The van der Waals surface area contributed by atoms with Crippen LogP contribution in [0.25, 0.3) is 0 Å². The topological polar surface area (TPSA) is 47.9 Å². The highest BCUT2D eigenvalue weighted by Crippen LogP contribution is 2.19. The van der Waals surface area contributed by atoms with E-state index in [2.05, 4.69) is 22.3 Å². The molecule has 5 heteroatoms. The van der Waals surface area contributed by atoms with Crippen molar-refractivity contribution in [1.82, 2.24) is 4.90 Å². The van der Waals surface area contributed by atoms with Crippen LogP contribution in [0.2, 0.25) is 5.02 Å². The first kappa shape index (κ1) is 12.0. The zero-order valence-electron chi connectivity index (χ0n) is 9.73. The summed E-state index contributed by atoms with van der Waals surface area (Å²) in [5.41, 5.74) is 0.824. The number of guanidine groups is 1. The van der Waals surface area contributed by atoms with Crippen molar-refractivity contribution in [2.24, 2.45) is 5.16 Å². The molecule has 2 N–H and O–H groups in total. The van der Waals surface area contributed by atoms with Gasteiger partial charge in [0.25, 0.3) is 0 Å². The summed E-state index contributed by atoms with van der Waals surface area (Å²) >= 11 is 5.90. The molecule has 1 heterocycles. The van der Waals surface area contributed by atoms with Crippen LogP contribution < -0.4 is 5.32 Å². The number of likely N-dealkylation sites (tertiary alicyclic amines) is 1. The van der Waals surface area contributed by atoms with E-state index < -0.39 is 0 Å². The van der Waals surface area contributed by atoms with Gasteiger partial charge >= 0.3 is 0 Å². The van der Waals surface area contributed by atoms with Gasteiger partial charge in [0.15, 0.2) is 0 Å². The van der Waals surface area contributed by atoms with Gasteiger partial charge in [-0.25, -0.2) is 0 Å². The maximum atomic E-state index is 9.09. The van der Waals surface area contributed by atoms with Crippen molar-refractivity contribution < 1.29 is 5.21 Å². The van der Waals surface area contributed by atoms with Gasteiger partial charge in [0, 0.05) is 23.3 Å². The molecule has 1 atom stereocenters. The molecule has 1 fully saturated rings. The molecule has 1 aromatic rings. The van der Waals surface area contributed by atoms with Crippen LogP contribution in [-0.4, -0.2) is 28.7 Å². The van der Waals surface area contributed by atoms with E-state index in [0.29, 0.717) is 17.0 Å². The minimum atomic E-state index is 0.396. The quantitative estimate of drug-likeness (QED) is 0.350. The van der Waals surface area contributed by atoms with Gasteiger partial charge in [-0.2, -0.15) is 0 Å². The molecule has 0 aromatic heterocycles. The number of oxime groups is 1. The first-order chi connectivity index (χ1) is 8.20. The summed E-state index contributed by atoms with van der Waals surface area (Å²) in [7, 11) is 0. The molecule has 0 spiro atoms. The Balaban J connectivity index is 2.10. The Kier molecular flexibility index (Phi) is 3.74. The van der Waals surface area contributed by atoms with Gasteiger partial charge < -0.3 is 15.4 Å². The van der Waals surface area contributed by atoms with E-state index in [1.807, 2.05) is 12.1 Å². The second-order valence-electron chi connectivity index (χ2n) is 4.24. The molecule has 0 aliphatic carbocycles. The fraction of sp³-hybridized carbons (Fsp3) is 0.417. The molecule has 1 aliphatic heterocycles. The summed E-state index contributed by atoms with van der Waals surface area (Å²) in [6, 6.07) is 7.74. The minimum Gasteiger partial charge on any atom is -0.408 e. The summed E-state index contributed by atoms with van der Waals surface area (Å²) < 4.78 is 0. The van der Waals surface area contributed by atoms with E-state index in [9.17, 15) is 0 Å². The number of nitrogens with zero attached hydrogens (tertiary/aromatic N) is 2. The average molecular weight is 254 g/mol. The van der Waals surface area contributed by atoms with Gasteiger partial charge in [-0.3, -0.25) is 0 Å². The molecule has 2 rings (SSSR count). The SMILES string of the molecule is CC1CCCN1/C(=N\O)Nc1cccc(Cl)c1. The monoisotopic (exact) mass is 253 g/mol. The smallest absolute Gasteiger partial charge is 0.240 e. The number of hydrogen-bond acceptors (Lipinski definition) is 2. The third kappa shape index (κ3) is 2.82. The van der Waals surface area contributed by atoms with Crippen LogP contribution in [0, 0.1) is 0 Å². The zero-order valence-corrected chi connectivity index (χ0v) is 10.5. The van der Waals surface area contributed by atoms with E-state index in [4.69, 9.17) is 16.8 Å². The Bertz CT molecular complexity index is 422. The lowest BCUT2D eigenvalue weighted by Gasteiger charge is -2.24. The molecular weight excluding hydrogens is 238 g/mol. The Labute approximate surface area is 106 Å². The van der Waals surface area contributed by atoms with Gasteiger partial charge in [-0.05, 0) is 38.0 Å². The Morgan fingerprint density at radius 1 is 1.59 bits per heavy atom. The van der Waals surface area contributed by atoms with Crippen LogP contribution in [0.4, 0.5) is 5.69 Å². The molecule has 92 valence electrons. The third-order valence-corrected chi connectivity index (χ3v) is 3.24. The Morgan fingerprint density at radius 3 is 3.00 bits per heavy atom. The van der Waals surface area contributed by atoms with Gasteiger partial charge in [0.1, 0.15) is 0 Å². The summed E-state index contributed by atoms with van der Waals surface area (Å²) in [5.74, 6) is 0.484. The van der Waals surface area contributed by atoms with Crippen molar-refractivity contribution in [2.75, 3.05) is 11.9 Å². The normalized spacial score (nSPS) is 20.7. The molecule has 0 radical (unpaired) electrons. The van der Waals surface area contributed by atoms with Gasteiger partial charge in [0.05, 0.1) is 0 Å². The summed E-state index contributed by atoms with van der Waals surface area (Å²) in [6.07, 6.45) is 2.24. The Morgan fingerprint density at radius 2 is 2.41 bits per heavy atom. The lowest BCUT2D eigenvalue weighted by molar-refractivity contribution is 0.298. The molecule has 1 saturated heterocycles. The first-order valence-corrected chi connectivity index (χ1v) is 6.10. The second kappa shape index (κ2) is 5.27. The number of benzene rings is 1. The molecule has 1 aliphatic rings. The molecule has 17 heavy (non-hydrogen) atoms. The van der Waals surface area contributed by atoms with E-state index in [1.165, 1.54) is 0 Å². The molecule has 1 aromatic carbocycles. The molecule has 0 saturated carbocycles. The van der Waals surface area contributed by atoms with Crippen LogP contribution in [-0.2, 0) is 0 Å². The number of rotatable bonds is 1. The molecule has 1 unspecified atom stereocenters. The summed E-state index contributed by atoms with van der Waals surface area (Å²) in [4.78, 5) is 2.06. The largest absolute Gasteiger partial charge is 0.408 e. The highest BCUT2D eigenvalue weighted by Gasteiger charge is 2.24. The van der Waals surface area contributed by atoms with E-state index >= 15 is 0 Å². The van der Waals surface area contributed by atoms with E-state index in [1.54, 1.807) is 12.1 Å². The van der Waals surface area contributed by atoms with Crippen LogP contribution in [0.5, 0.6) is 0 Å². The molecule has 0 amide bonds. The van der Waals surface area contributed by atoms with Crippen molar-refractivity contribution in [3.05, 3.63) is 29.3 Å². The maximum Gasteiger partial charge on any atom is 0.240 e. The summed E-state index contributed by atoms with van der Waals surface area (Å²) in [6.45, 7) is 3.03. The first-order valence-electron chi connectivity index (χ1n) is 5.72. The lowest BCUT2D eigenvalue weighted by Crippen LogP contribution is -2.38. The molecule has 0 bridgehead atoms. The maximum absolute atomic E-state index is 9.09. The fourth-order valence-corrected chi connectivity index (χ4v) is 2.29. The molecule has 4 nitrogen and oxygen atoms in total. The number of hydrogen-bond donors (Lipinski definition) is 2. The van der Waals surface area contributed by atoms with Crippen molar-refractivity contribution in [3.63, 3.8) is 0 Å². The highest BCUT2D eigenvalue weighted by atomic mass is 35.5. The van der Waals surface area contributed by atoms with E-state index in [0.717, 1.165) is 25.1 Å². The lowest BCUT2D eigenvalue weighted by atomic mass is 10.2. The highest BCUT2D eigenvalue weighted by molar-refractivity contribution is 6.30. The van der Waals surface area contributed by atoms with Crippen molar-refractivity contribution in [3.8, 4) is 0 Å². The van der Waals surface area contributed by atoms with Crippen LogP contribution in [0.15, 0.2) is 29.4 Å². The number of halogens is 1. The predicted molar refractivity (Wildman–Crippen MR) is 69.7 cm³/mol. The van der Waals surface area contributed by atoms with Gasteiger partial charge in [-0.1, -0.05) is 22.8 Å². The Hall–Kier alpha value is -1.42. The van der Waals surface area contributed by atoms with Crippen LogP contribution in [0.3, 0.4) is 0 Å². The average Bonchev–Trinajstić information content (AvgIpc) is 2.72. The standard InChI is InChI=1S/C12H16ClN3O/c1-9-4-3-7-16(9)12(15-17)14-11-6-2-5-10(13)8-11/h2,5-6,8-9,17H,3-4,7H2,1H3,(H,14,15). The van der Waals surface area contributed by atoms with Crippen molar-refractivity contribution in [1.29, 1.82) is 0 Å². The van der Waals surface area contributed by atoms with E-state index in [-0.39, 0.29) is 0 Å².